The molecule has 4 rings (SSSR count). The number of guanidine groups is 1. The smallest absolute Gasteiger partial charge is 0.369 e. The molecule has 0 aliphatic carbocycles. The summed E-state index contributed by atoms with van der Waals surface area (Å²) in [6.45, 7) is 1.81. The van der Waals surface area contributed by atoms with Gasteiger partial charge in [-0.2, -0.15) is 13.2 Å². The summed E-state index contributed by atoms with van der Waals surface area (Å²) in [5.41, 5.74) is 5.08. The number of amides is 1. The monoisotopic (exact) mass is 391 g/mol. The molecule has 1 aliphatic heterocycles. The van der Waals surface area contributed by atoms with Crippen molar-refractivity contribution in [3.05, 3.63) is 47.5 Å². The van der Waals surface area contributed by atoms with Crippen molar-refractivity contribution >= 4 is 43.4 Å². The van der Waals surface area contributed by atoms with Crippen LogP contribution in [-0.2, 0) is 16.5 Å². The number of fused-ring (bicyclic) bond motifs is 3. The first-order valence-corrected chi connectivity index (χ1v) is 9.06. The van der Waals surface area contributed by atoms with Crippen molar-refractivity contribution < 1.29 is 18.0 Å². The predicted octanol–water partition coefficient (Wildman–Crippen LogP) is 4.47. The van der Waals surface area contributed by atoms with Gasteiger partial charge >= 0.3 is 6.18 Å². The van der Waals surface area contributed by atoms with Gasteiger partial charge in [0.2, 0.25) is 5.91 Å². The van der Waals surface area contributed by atoms with Crippen LogP contribution in [-0.4, -0.2) is 23.8 Å². The molecule has 2 heterocycles. The van der Waals surface area contributed by atoms with Crippen LogP contribution in [0.15, 0.2) is 41.4 Å². The van der Waals surface area contributed by atoms with Crippen LogP contribution in [0, 0.1) is 0 Å². The zero-order valence-corrected chi connectivity index (χ0v) is 15.4. The van der Waals surface area contributed by atoms with Crippen LogP contribution >= 0.6 is 11.3 Å². The summed E-state index contributed by atoms with van der Waals surface area (Å²) in [7, 11) is 1.56. The van der Waals surface area contributed by atoms with Gasteiger partial charge in [-0.1, -0.05) is 6.07 Å². The Morgan fingerprint density at radius 2 is 1.78 bits per heavy atom. The molecule has 1 aromatic heterocycles. The third-order valence-electron chi connectivity index (χ3n) is 4.99. The zero-order valence-electron chi connectivity index (χ0n) is 14.6. The molecule has 2 aromatic carbocycles. The van der Waals surface area contributed by atoms with Crippen LogP contribution < -0.4 is 5.73 Å². The Bertz CT molecular complexity index is 1120. The lowest BCUT2D eigenvalue weighted by molar-refractivity contribution is -0.137. The topological polar surface area (TPSA) is 58.7 Å². The van der Waals surface area contributed by atoms with Gasteiger partial charge in [0.1, 0.15) is 0 Å². The van der Waals surface area contributed by atoms with Crippen molar-refractivity contribution in [3.63, 3.8) is 0 Å². The SMILES string of the molecule is CN1C(=O)C[C@@](C)(c2ccc3sc4ccc(C(F)(F)F)cc4c3c2)N=C1N. The molecule has 8 heteroatoms. The van der Waals surface area contributed by atoms with Gasteiger partial charge in [-0.3, -0.25) is 9.69 Å². The fraction of sp³-hybridized carbons (Fsp3) is 0.263. The lowest BCUT2D eigenvalue weighted by Gasteiger charge is -2.33. The van der Waals surface area contributed by atoms with E-state index in [4.69, 9.17) is 5.73 Å². The van der Waals surface area contributed by atoms with E-state index in [0.717, 1.165) is 26.4 Å². The first-order chi connectivity index (χ1) is 12.6. The van der Waals surface area contributed by atoms with Crippen LogP contribution in [0.2, 0.25) is 0 Å². The summed E-state index contributed by atoms with van der Waals surface area (Å²) >= 11 is 1.43. The number of nitrogens with two attached hydrogens (primary N) is 1. The van der Waals surface area contributed by atoms with Gasteiger partial charge in [0.25, 0.3) is 0 Å². The highest BCUT2D eigenvalue weighted by Crippen LogP contribution is 2.41. The van der Waals surface area contributed by atoms with E-state index in [2.05, 4.69) is 4.99 Å². The Labute approximate surface area is 157 Å². The first-order valence-electron chi connectivity index (χ1n) is 8.24. The summed E-state index contributed by atoms with van der Waals surface area (Å²) in [4.78, 5) is 18.0. The molecule has 0 radical (unpaired) electrons. The molecular weight excluding hydrogens is 375 g/mol. The Hall–Kier alpha value is -2.61. The molecule has 0 fully saturated rings. The maximum Gasteiger partial charge on any atom is 0.416 e. The number of aliphatic imine (C=N–C) groups is 1. The Morgan fingerprint density at radius 3 is 2.41 bits per heavy atom. The highest BCUT2D eigenvalue weighted by molar-refractivity contribution is 7.25. The Kier molecular flexibility index (Phi) is 3.75. The van der Waals surface area contributed by atoms with Crippen molar-refractivity contribution in [3.8, 4) is 0 Å². The van der Waals surface area contributed by atoms with Crippen molar-refractivity contribution in [2.24, 2.45) is 10.7 Å². The molecule has 1 aliphatic rings. The van der Waals surface area contributed by atoms with Crippen LogP contribution in [0.3, 0.4) is 0 Å². The first kappa shape index (κ1) is 17.8. The number of carbonyl (C=O) groups excluding carboxylic acids is 1. The van der Waals surface area contributed by atoms with Crippen molar-refractivity contribution in [2.75, 3.05) is 7.05 Å². The number of carbonyl (C=O) groups is 1. The fourth-order valence-corrected chi connectivity index (χ4v) is 4.43. The minimum atomic E-state index is -4.40. The summed E-state index contributed by atoms with van der Waals surface area (Å²) in [5, 5.41) is 1.27. The molecule has 3 aromatic rings. The maximum absolute atomic E-state index is 13.1. The van der Waals surface area contributed by atoms with Crippen LogP contribution in [0.5, 0.6) is 0 Å². The fourth-order valence-electron chi connectivity index (χ4n) is 3.36. The van der Waals surface area contributed by atoms with E-state index in [1.54, 1.807) is 7.05 Å². The summed E-state index contributed by atoms with van der Waals surface area (Å²) in [6.07, 6.45) is -4.25. The highest BCUT2D eigenvalue weighted by atomic mass is 32.1. The number of benzene rings is 2. The van der Waals surface area contributed by atoms with Crippen LogP contribution in [0.25, 0.3) is 20.2 Å². The van der Waals surface area contributed by atoms with E-state index in [0.29, 0.717) is 5.39 Å². The molecule has 0 unspecified atom stereocenters. The van der Waals surface area contributed by atoms with E-state index in [1.807, 2.05) is 25.1 Å². The van der Waals surface area contributed by atoms with Gasteiger partial charge in [-0.05, 0) is 42.8 Å². The molecule has 1 atom stereocenters. The van der Waals surface area contributed by atoms with Gasteiger partial charge in [-0.15, -0.1) is 11.3 Å². The van der Waals surface area contributed by atoms with Gasteiger partial charge in [0, 0.05) is 27.2 Å². The molecule has 0 spiro atoms. The number of nitrogens with zero attached hydrogens (tertiary/aromatic N) is 2. The third kappa shape index (κ3) is 2.84. The molecule has 0 saturated heterocycles. The van der Waals surface area contributed by atoms with Crippen molar-refractivity contribution in [1.29, 1.82) is 0 Å². The third-order valence-corrected chi connectivity index (χ3v) is 6.14. The number of rotatable bonds is 1. The highest BCUT2D eigenvalue weighted by Gasteiger charge is 2.36. The number of hydrogen-bond acceptors (Lipinski definition) is 4. The number of hydrogen-bond donors (Lipinski definition) is 1. The van der Waals surface area contributed by atoms with E-state index in [1.165, 1.54) is 28.4 Å². The average molecular weight is 391 g/mol. The second-order valence-electron chi connectivity index (χ2n) is 6.90. The second kappa shape index (κ2) is 5.69. The van der Waals surface area contributed by atoms with E-state index >= 15 is 0 Å². The van der Waals surface area contributed by atoms with Crippen LogP contribution in [0.1, 0.15) is 24.5 Å². The molecule has 2 N–H and O–H groups in total. The largest absolute Gasteiger partial charge is 0.416 e. The van der Waals surface area contributed by atoms with Crippen molar-refractivity contribution in [1.82, 2.24) is 4.90 Å². The molecule has 27 heavy (non-hydrogen) atoms. The summed E-state index contributed by atoms with van der Waals surface area (Å²) in [6, 6.07) is 9.32. The van der Waals surface area contributed by atoms with Gasteiger partial charge in [0.05, 0.1) is 17.5 Å². The van der Waals surface area contributed by atoms with Crippen molar-refractivity contribution in [2.45, 2.75) is 25.1 Å². The van der Waals surface area contributed by atoms with Crippen LogP contribution in [0.4, 0.5) is 13.2 Å². The molecule has 0 saturated carbocycles. The van der Waals surface area contributed by atoms with Gasteiger partial charge < -0.3 is 5.73 Å². The summed E-state index contributed by atoms with van der Waals surface area (Å²) < 4.78 is 41.0. The standard InChI is InChI=1S/C19H16F3N3OS/c1-18(9-16(26)25(2)17(23)24-18)10-3-5-14-12(7-10)13-8-11(19(20,21)22)4-6-15(13)27-14/h3-8H,9H2,1-2H3,(H2,23,24)/t18-/m0/s1. The quantitative estimate of drug-likeness (QED) is 0.666. The Morgan fingerprint density at radius 1 is 1.15 bits per heavy atom. The molecule has 1 amide bonds. The minimum absolute atomic E-state index is 0.128. The second-order valence-corrected chi connectivity index (χ2v) is 7.98. The summed E-state index contributed by atoms with van der Waals surface area (Å²) in [5.74, 6) is -0.0250. The maximum atomic E-state index is 13.1. The van der Waals surface area contributed by atoms with E-state index in [9.17, 15) is 18.0 Å². The number of alkyl halides is 3. The minimum Gasteiger partial charge on any atom is -0.369 e. The molecule has 140 valence electrons. The lowest BCUT2D eigenvalue weighted by Crippen LogP contribution is -2.47. The number of thiophene rings is 1. The molecular formula is C19H16F3N3OS. The van der Waals surface area contributed by atoms with Gasteiger partial charge in [-0.25, -0.2) is 4.99 Å². The Balaban J connectivity index is 1.91. The van der Waals surface area contributed by atoms with Gasteiger partial charge in [0.15, 0.2) is 5.96 Å². The van der Waals surface area contributed by atoms with E-state index < -0.39 is 17.3 Å². The molecule has 0 bridgehead atoms. The average Bonchev–Trinajstić information content (AvgIpc) is 2.96. The lowest BCUT2D eigenvalue weighted by atomic mass is 9.87. The normalized spacial score (nSPS) is 21.1. The number of halogens is 3. The molecule has 4 nitrogen and oxygen atoms in total. The predicted molar refractivity (Wildman–Crippen MR) is 101 cm³/mol. The zero-order chi connectivity index (χ0) is 19.6. The van der Waals surface area contributed by atoms with E-state index in [-0.39, 0.29) is 18.3 Å².